The largest absolute Gasteiger partial charge is 0.484 e. The molecule has 0 aromatic rings. The van der Waals surface area contributed by atoms with Crippen molar-refractivity contribution in [3.05, 3.63) is 0 Å². The van der Waals surface area contributed by atoms with Crippen LogP contribution < -0.4 is 0 Å². The van der Waals surface area contributed by atoms with Gasteiger partial charge in [0.1, 0.15) is 6.34 Å². The summed E-state index contributed by atoms with van der Waals surface area (Å²) in [5.41, 5.74) is 0. The van der Waals surface area contributed by atoms with Gasteiger partial charge in [0.2, 0.25) is 0 Å². The molecule has 0 spiro atoms. The van der Waals surface area contributed by atoms with Crippen molar-refractivity contribution in [3.63, 3.8) is 0 Å². The van der Waals surface area contributed by atoms with E-state index in [0.29, 0.717) is 0 Å². The molecular formula is C5H8N2O. The maximum Gasteiger partial charge on any atom is 0.190 e. The summed E-state index contributed by atoms with van der Waals surface area (Å²) >= 11 is 0. The Labute approximate surface area is 48.1 Å². The molecule has 1 aliphatic rings. The van der Waals surface area contributed by atoms with Gasteiger partial charge in [0.15, 0.2) is 5.90 Å². The van der Waals surface area contributed by atoms with E-state index in [1.165, 1.54) is 6.34 Å². The van der Waals surface area contributed by atoms with Gasteiger partial charge >= 0.3 is 0 Å². The molecule has 0 N–H and O–H groups in total. The van der Waals surface area contributed by atoms with Crippen molar-refractivity contribution in [1.29, 1.82) is 0 Å². The molecule has 0 aromatic heterocycles. The van der Waals surface area contributed by atoms with Gasteiger partial charge < -0.3 is 4.74 Å². The molecule has 0 bridgehead atoms. The van der Waals surface area contributed by atoms with Crippen LogP contribution in [0.15, 0.2) is 9.98 Å². The fourth-order valence-corrected chi connectivity index (χ4v) is 0.542. The standard InChI is InChI=1S/C5H8N2O/c1-8-5-2-3-6-4-7-5/h4H,2-3H2,1H3. The smallest absolute Gasteiger partial charge is 0.190 e. The fourth-order valence-electron chi connectivity index (χ4n) is 0.542. The SMILES string of the molecule is COC1=NC=NCC1. The van der Waals surface area contributed by atoms with Crippen molar-refractivity contribution >= 4 is 12.2 Å². The van der Waals surface area contributed by atoms with Crippen LogP contribution >= 0.6 is 0 Å². The van der Waals surface area contributed by atoms with Gasteiger partial charge in [0.05, 0.1) is 7.11 Å². The normalized spacial score (nSPS) is 17.9. The van der Waals surface area contributed by atoms with Gasteiger partial charge in [0, 0.05) is 13.0 Å². The van der Waals surface area contributed by atoms with E-state index in [0.717, 1.165) is 18.9 Å². The second kappa shape index (κ2) is 2.45. The minimum absolute atomic E-state index is 0.778. The molecule has 0 aromatic carbocycles. The topological polar surface area (TPSA) is 34.0 Å². The molecule has 0 amide bonds. The molecule has 0 aliphatic carbocycles. The van der Waals surface area contributed by atoms with Crippen LogP contribution in [0.4, 0.5) is 0 Å². The highest BCUT2D eigenvalue weighted by Crippen LogP contribution is 1.92. The summed E-state index contributed by atoms with van der Waals surface area (Å²) in [4.78, 5) is 7.73. The third kappa shape index (κ3) is 1.05. The van der Waals surface area contributed by atoms with Gasteiger partial charge in [0.25, 0.3) is 0 Å². The second-order valence-electron chi connectivity index (χ2n) is 1.50. The van der Waals surface area contributed by atoms with Gasteiger partial charge in [-0.15, -0.1) is 0 Å². The lowest BCUT2D eigenvalue weighted by Gasteiger charge is -2.02. The van der Waals surface area contributed by atoms with E-state index in [9.17, 15) is 0 Å². The quantitative estimate of drug-likeness (QED) is 0.448. The third-order valence-corrected chi connectivity index (χ3v) is 0.974. The minimum Gasteiger partial charge on any atom is -0.484 e. The summed E-state index contributed by atoms with van der Waals surface area (Å²) in [7, 11) is 1.62. The average Bonchev–Trinajstić information content (AvgIpc) is 1.90. The number of hydrogen-bond acceptors (Lipinski definition) is 3. The van der Waals surface area contributed by atoms with E-state index >= 15 is 0 Å². The Morgan fingerprint density at radius 2 is 2.62 bits per heavy atom. The zero-order valence-electron chi connectivity index (χ0n) is 4.79. The van der Waals surface area contributed by atoms with Crippen LogP contribution in [0.2, 0.25) is 0 Å². The highest BCUT2D eigenvalue weighted by atomic mass is 16.5. The summed E-state index contributed by atoms with van der Waals surface area (Å²) in [6, 6.07) is 0. The lowest BCUT2D eigenvalue weighted by atomic mass is 10.4. The van der Waals surface area contributed by atoms with E-state index in [1.54, 1.807) is 7.11 Å². The molecule has 0 saturated carbocycles. The first-order chi connectivity index (χ1) is 3.93. The Morgan fingerprint density at radius 1 is 1.75 bits per heavy atom. The monoisotopic (exact) mass is 112 g/mol. The van der Waals surface area contributed by atoms with Gasteiger partial charge in [-0.25, -0.2) is 4.99 Å². The molecule has 1 rings (SSSR count). The van der Waals surface area contributed by atoms with E-state index in [1.807, 2.05) is 0 Å². The highest BCUT2D eigenvalue weighted by molar-refractivity contribution is 5.85. The van der Waals surface area contributed by atoms with Crippen LogP contribution in [0.5, 0.6) is 0 Å². The van der Waals surface area contributed by atoms with Gasteiger partial charge in [-0.05, 0) is 0 Å². The molecule has 0 atom stereocenters. The van der Waals surface area contributed by atoms with Crippen LogP contribution in [-0.4, -0.2) is 25.9 Å². The zero-order chi connectivity index (χ0) is 5.82. The molecule has 0 radical (unpaired) electrons. The Morgan fingerprint density at radius 3 is 3.00 bits per heavy atom. The predicted octanol–water partition coefficient (Wildman–Crippen LogP) is 0.463. The molecule has 1 aliphatic heterocycles. The summed E-state index contributed by atoms with van der Waals surface area (Å²) in [5.74, 6) is 0.778. The van der Waals surface area contributed by atoms with Crippen molar-refractivity contribution in [2.24, 2.45) is 9.98 Å². The molecule has 0 fully saturated rings. The molecule has 3 nitrogen and oxygen atoms in total. The molecule has 1 heterocycles. The van der Waals surface area contributed by atoms with Gasteiger partial charge in [-0.2, -0.15) is 0 Å². The van der Waals surface area contributed by atoms with Crippen LogP contribution in [-0.2, 0) is 4.74 Å². The fraction of sp³-hybridized carbons (Fsp3) is 0.600. The summed E-state index contributed by atoms with van der Waals surface area (Å²) < 4.78 is 4.85. The summed E-state index contributed by atoms with van der Waals surface area (Å²) in [6.45, 7) is 0.812. The van der Waals surface area contributed by atoms with Crippen molar-refractivity contribution < 1.29 is 4.74 Å². The first kappa shape index (κ1) is 5.28. The highest BCUT2D eigenvalue weighted by Gasteiger charge is 1.97. The van der Waals surface area contributed by atoms with Crippen LogP contribution in [0.25, 0.3) is 0 Å². The molecule has 3 heteroatoms. The number of hydrogen-bond donors (Lipinski definition) is 0. The summed E-state index contributed by atoms with van der Waals surface area (Å²) in [6.07, 6.45) is 2.37. The Bertz CT molecular complexity index is 128. The van der Waals surface area contributed by atoms with Gasteiger partial charge in [-0.3, -0.25) is 4.99 Å². The number of rotatable bonds is 0. The van der Waals surface area contributed by atoms with E-state index < -0.39 is 0 Å². The van der Waals surface area contributed by atoms with Crippen molar-refractivity contribution in [2.45, 2.75) is 6.42 Å². The van der Waals surface area contributed by atoms with Crippen LogP contribution in [0, 0.1) is 0 Å². The van der Waals surface area contributed by atoms with Crippen LogP contribution in [0.3, 0.4) is 0 Å². The molecule has 0 unspecified atom stereocenters. The minimum atomic E-state index is 0.778. The number of methoxy groups -OCH3 is 1. The van der Waals surface area contributed by atoms with Crippen molar-refractivity contribution in [1.82, 2.24) is 0 Å². The maximum absolute atomic E-state index is 4.85. The third-order valence-electron chi connectivity index (χ3n) is 0.974. The average molecular weight is 112 g/mol. The number of nitrogens with zero attached hydrogens (tertiary/aromatic N) is 2. The Balaban J connectivity index is 2.50. The molecular weight excluding hydrogens is 104 g/mol. The lowest BCUT2D eigenvalue weighted by Crippen LogP contribution is -2.06. The van der Waals surface area contributed by atoms with E-state index in [2.05, 4.69) is 9.98 Å². The van der Waals surface area contributed by atoms with Crippen LogP contribution in [0.1, 0.15) is 6.42 Å². The lowest BCUT2D eigenvalue weighted by molar-refractivity contribution is 0.391. The number of aliphatic imine (C=N–C) groups is 2. The Kier molecular flexibility index (Phi) is 1.62. The van der Waals surface area contributed by atoms with Crippen molar-refractivity contribution in [2.75, 3.05) is 13.7 Å². The first-order valence-electron chi connectivity index (χ1n) is 2.52. The number of ether oxygens (including phenoxy) is 1. The second-order valence-corrected chi connectivity index (χ2v) is 1.50. The Hall–Kier alpha value is -0.860. The van der Waals surface area contributed by atoms with Gasteiger partial charge in [-0.1, -0.05) is 0 Å². The van der Waals surface area contributed by atoms with E-state index in [-0.39, 0.29) is 0 Å². The molecule has 8 heavy (non-hydrogen) atoms. The first-order valence-corrected chi connectivity index (χ1v) is 2.52. The van der Waals surface area contributed by atoms with Crippen molar-refractivity contribution in [3.8, 4) is 0 Å². The summed E-state index contributed by atoms with van der Waals surface area (Å²) in [5, 5.41) is 0. The van der Waals surface area contributed by atoms with E-state index in [4.69, 9.17) is 4.74 Å². The molecule has 44 valence electrons. The zero-order valence-corrected chi connectivity index (χ0v) is 4.79. The maximum atomic E-state index is 4.85. The predicted molar refractivity (Wildman–Crippen MR) is 32.4 cm³/mol. The molecule has 0 saturated heterocycles.